The molecule has 0 aromatic carbocycles. The maximum Gasteiger partial charge on any atom is 0.255 e. The van der Waals surface area contributed by atoms with Crippen LogP contribution in [0, 0.1) is 0 Å². The van der Waals surface area contributed by atoms with Gasteiger partial charge < -0.3 is 9.80 Å². The highest BCUT2D eigenvalue weighted by Crippen LogP contribution is 2.09. The monoisotopic (exact) mass is 313 g/mol. The summed E-state index contributed by atoms with van der Waals surface area (Å²) in [5.74, 6) is 0.0544. The van der Waals surface area contributed by atoms with Gasteiger partial charge in [0.15, 0.2) is 0 Å². The van der Waals surface area contributed by atoms with Crippen molar-refractivity contribution in [2.75, 3.05) is 33.7 Å². The zero-order chi connectivity index (χ0) is 13.5. The van der Waals surface area contributed by atoms with Gasteiger partial charge in [-0.3, -0.25) is 4.79 Å². The number of nitrogens with zero attached hydrogens (tertiary/aromatic N) is 3. The molecule has 1 rings (SSSR count). The zero-order valence-electron chi connectivity index (χ0n) is 11.2. The van der Waals surface area contributed by atoms with E-state index < -0.39 is 0 Å². The lowest BCUT2D eigenvalue weighted by Gasteiger charge is -2.23. The normalized spacial score (nSPS) is 10.7. The maximum atomic E-state index is 12.3. The summed E-state index contributed by atoms with van der Waals surface area (Å²) < 4.78 is 0.745. The lowest BCUT2D eigenvalue weighted by atomic mass is 10.2. The third-order valence-corrected chi connectivity index (χ3v) is 3.04. The van der Waals surface area contributed by atoms with Crippen LogP contribution in [-0.4, -0.2) is 54.4 Å². The number of aromatic nitrogens is 1. The average molecular weight is 314 g/mol. The molecule has 1 aromatic rings. The number of carbonyl (C=O) groups is 1. The quantitative estimate of drug-likeness (QED) is 0.756. The van der Waals surface area contributed by atoms with E-state index in [1.165, 1.54) is 0 Å². The maximum absolute atomic E-state index is 12.3. The van der Waals surface area contributed by atoms with Crippen LogP contribution in [0.1, 0.15) is 23.7 Å². The largest absolute Gasteiger partial charge is 0.337 e. The van der Waals surface area contributed by atoms with E-state index in [1.807, 2.05) is 19.0 Å². The SMILES string of the molecule is CCCN(CCN(C)C)C(=O)c1ccc(Br)nc1. The molecule has 0 N–H and O–H groups in total. The van der Waals surface area contributed by atoms with Crippen molar-refractivity contribution >= 4 is 21.8 Å². The van der Waals surface area contributed by atoms with Crippen LogP contribution in [0.15, 0.2) is 22.9 Å². The van der Waals surface area contributed by atoms with Gasteiger partial charge in [-0.05, 0) is 48.6 Å². The molecule has 1 heterocycles. The van der Waals surface area contributed by atoms with Crippen LogP contribution in [0.3, 0.4) is 0 Å². The van der Waals surface area contributed by atoms with Gasteiger partial charge in [0.1, 0.15) is 4.60 Å². The van der Waals surface area contributed by atoms with Gasteiger partial charge in [-0.1, -0.05) is 6.92 Å². The van der Waals surface area contributed by atoms with Gasteiger partial charge in [0.05, 0.1) is 5.56 Å². The average Bonchev–Trinajstić information content (AvgIpc) is 2.34. The molecule has 0 spiro atoms. The second-order valence-electron chi connectivity index (χ2n) is 4.47. The van der Waals surface area contributed by atoms with Gasteiger partial charge in [-0.15, -0.1) is 0 Å². The second kappa shape index (κ2) is 7.48. The first-order valence-corrected chi connectivity index (χ1v) is 6.89. The lowest BCUT2D eigenvalue weighted by Crippen LogP contribution is -2.37. The van der Waals surface area contributed by atoms with Gasteiger partial charge in [0.2, 0.25) is 0 Å². The fourth-order valence-electron chi connectivity index (χ4n) is 1.59. The molecule has 0 aliphatic carbocycles. The fraction of sp³-hybridized carbons (Fsp3) is 0.538. The Morgan fingerprint density at radius 3 is 2.50 bits per heavy atom. The molecule has 0 bridgehead atoms. The molecule has 0 aliphatic heterocycles. The molecule has 0 radical (unpaired) electrons. The molecule has 1 amide bonds. The van der Waals surface area contributed by atoms with Crippen LogP contribution in [0.5, 0.6) is 0 Å². The van der Waals surface area contributed by atoms with Crippen molar-refractivity contribution < 1.29 is 4.79 Å². The first-order chi connectivity index (χ1) is 8.54. The van der Waals surface area contributed by atoms with Gasteiger partial charge in [0.25, 0.3) is 5.91 Å². The molecule has 0 saturated heterocycles. The Morgan fingerprint density at radius 2 is 2.00 bits per heavy atom. The van der Waals surface area contributed by atoms with E-state index in [2.05, 4.69) is 32.7 Å². The molecule has 1 aromatic heterocycles. The number of amides is 1. The van der Waals surface area contributed by atoms with Gasteiger partial charge in [0, 0.05) is 25.8 Å². The minimum absolute atomic E-state index is 0.0544. The van der Waals surface area contributed by atoms with Crippen LogP contribution in [0.4, 0.5) is 0 Å². The molecular formula is C13H20BrN3O. The van der Waals surface area contributed by atoms with Crippen molar-refractivity contribution in [3.63, 3.8) is 0 Å². The smallest absolute Gasteiger partial charge is 0.255 e. The highest BCUT2D eigenvalue weighted by Gasteiger charge is 2.15. The summed E-state index contributed by atoms with van der Waals surface area (Å²) in [5.41, 5.74) is 0.644. The van der Waals surface area contributed by atoms with E-state index in [0.717, 1.165) is 30.7 Å². The summed E-state index contributed by atoms with van der Waals surface area (Å²) >= 11 is 3.27. The third-order valence-electron chi connectivity index (χ3n) is 2.57. The number of hydrogen-bond acceptors (Lipinski definition) is 3. The summed E-state index contributed by atoms with van der Waals surface area (Å²) in [4.78, 5) is 20.4. The van der Waals surface area contributed by atoms with E-state index in [9.17, 15) is 4.79 Å². The van der Waals surface area contributed by atoms with Crippen LogP contribution in [-0.2, 0) is 0 Å². The molecule has 0 unspecified atom stereocenters. The molecule has 0 aliphatic rings. The van der Waals surface area contributed by atoms with Crippen LogP contribution < -0.4 is 0 Å². The van der Waals surface area contributed by atoms with E-state index in [1.54, 1.807) is 18.3 Å². The minimum Gasteiger partial charge on any atom is -0.337 e. The summed E-state index contributed by atoms with van der Waals surface area (Å²) in [6.07, 6.45) is 2.58. The van der Waals surface area contributed by atoms with Gasteiger partial charge in [-0.25, -0.2) is 4.98 Å². The fourth-order valence-corrected chi connectivity index (χ4v) is 1.82. The molecule has 18 heavy (non-hydrogen) atoms. The standard InChI is InChI=1S/C13H20BrN3O/c1-4-7-17(9-8-16(2)3)13(18)11-5-6-12(14)15-10-11/h5-6,10H,4,7-9H2,1-3H3. The molecule has 0 atom stereocenters. The highest BCUT2D eigenvalue weighted by atomic mass is 79.9. The predicted molar refractivity (Wildman–Crippen MR) is 76.7 cm³/mol. The number of hydrogen-bond donors (Lipinski definition) is 0. The molecule has 4 nitrogen and oxygen atoms in total. The molecular weight excluding hydrogens is 294 g/mol. The lowest BCUT2D eigenvalue weighted by molar-refractivity contribution is 0.0744. The van der Waals surface area contributed by atoms with Crippen molar-refractivity contribution in [1.82, 2.24) is 14.8 Å². The minimum atomic E-state index is 0.0544. The van der Waals surface area contributed by atoms with E-state index in [-0.39, 0.29) is 5.91 Å². The molecule has 100 valence electrons. The number of halogens is 1. The highest BCUT2D eigenvalue weighted by molar-refractivity contribution is 9.10. The van der Waals surface area contributed by atoms with Crippen molar-refractivity contribution in [3.8, 4) is 0 Å². The van der Waals surface area contributed by atoms with Crippen LogP contribution in [0.25, 0.3) is 0 Å². The second-order valence-corrected chi connectivity index (χ2v) is 5.28. The zero-order valence-corrected chi connectivity index (χ0v) is 12.8. The molecule has 5 heteroatoms. The summed E-state index contributed by atoms with van der Waals surface area (Å²) in [5, 5.41) is 0. The van der Waals surface area contributed by atoms with E-state index >= 15 is 0 Å². The Morgan fingerprint density at radius 1 is 1.28 bits per heavy atom. The first-order valence-electron chi connectivity index (χ1n) is 6.10. The number of carbonyl (C=O) groups excluding carboxylic acids is 1. The Hall–Kier alpha value is -0.940. The van der Waals surface area contributed by atoms with Crippen molar-refractivity contribution in [3.05, 3.63) is 28.5 Å². The topological polar surface area (TPSA) is 36.4 Å². The van der Waals surface area contributed by atoms with Crippen molar-refractivity contribution in [2.45, 2.75) is 13.3 Å². The van der Waals surface area contributed by atoms with E-state index in [4.69, 9.17) is 0 Å². The predicted octanol–water partition coefficient (Wildman–Crippen LogP) is 2.26. The summed E-state index contributed by atoms with van der Waals surface area (Å²) in [6.45, 7) is 4.48. The van der Waals surface area contributed by atoms with Crippen molar-refractivity contribution in [2.24, 2.45) is 0 Å². The number of rotatable bonds is 6. The number of pyridine rings is 1. The number of likely N-dealkylation sites (N-methyl/N-ethyl adjacent to an activating group) is 1. The Bertz CT molecular complexity index is 378. The Balaban J connectivity index is 2.72. The van der Waals surface area contributed by atoms with E-state index in [0.29, 0.717) is 5.56 Å². The van der Waals surface area contributed by atoms with Crippen LogP contribution in [0.2, 0.25) is 0 Å². The van der Waals surface area contributed by atoms with Crippen LogP contribution >= 0.6 is 15.9 Å². The summed E-state index contributed by atoms with van der Waals surface area (Å²) in [7, 11) is 4.02. The van der Waals surface area contributed by atoms with Gasteiger partial charge in [-0.2, -0.15) is 0 Å². The molecule has 0 saturated carbocycles. The Kier molecular flexibility index (Phi) is 6.29. The Labute approximate surface area is 117 Å². The molecule has 0 fully saturated rings. The first kappa shape index (κ1) is 15.1. The van der Waals surface area contributed by atoms with Gasteiger partial charge >= 0.3 is 0 Å². The summed E-state index contributed by atoms with van der Waals surface area (Å²) in [6, 6.07) is 3.60. The van der Waals surface area contributed by atoms with Crippen molar-refractivity contribution in [1.29, 1.82) is 0 Å². The third kappa shape index (κ3) is 4.74.